The highest BCUT2D eigenvalue weighted by atomic mass is 32.1. The number of rotatable bonds is 2. The molecule has 0 spiro atoms. The van der Waals surface area contributed by atoms with E-state index in [1.54, 1.807) is 0 Å². The zero-order chi connectivity index (χ0) is 46.2. The van der Waals surface area contributed by atoms with E-state index in [-0.39, 0.29) is 33.9 Å². The van der Waals surface area contributed by atoms with Gasteiger partial charge in [0, 0.05) is 54.0 Å². The van der Waals surface area contributed by atoms with Crippen LogP contribution < -0.4 is 20.0 Å². The van der Waals surface area contributed by atoms with Crippen LogP contribution in [-0.2, 0) is 27.1 Å². The summed E-state index contributed by atoms with van der Waals surface area (Å²) in [5, 5.41) is 1.33. The fraction of sp³-hybridized carbons (Fsp3) is 0.290. The third-order valence-electron chi connectivity index (χ3n) is 15.9. The van der Waals surface area contributed by atoms with Crippen molar-refractivity contribution < 1.29 is 0 Å². The van der Waals surface area contributed by atoms with Gasteiger partial charge in [-0.05, 0) is 143 Å². The molecule has 0 bridgehead atoms. The Bertz CT molecular complexity index is 3360. The molecule has 0 saturated heterocycles. The standard InChI is InChI=1S/C62H61BN2S/c1-58(2,3)36-22-27-39(28-23-36)64-51-34-44-42-19-15-17-21-48(42)62(12,13)54(44)53-45-33-43-41-18-14-16-20-47(41)61(10,11)49(43)35-50(45)65(40-29-24-37(25-30-40)59(4,5)6)63(55(51)53)57-56(64)46-32-38(60(7,8)9)26-31-52(46)66-57/h14-35H,1-13H3. The number of hydrogen-bond acceptors (Lipinski definition) is 3. The van der Waals surface area contributed by atoms with Gasteiger partial charge in [0.1, 0.15) is 0 Å². The summed E-state index contributed by atoms with van der Waals surface area (Å²) >= 11 is 2.00. The Kier molecular flexibility index (Phi) is 8.45. The van der Waals surface area contributed by atoms with E-state index in [4.69, 9.17) is 0 Å². The Morgan fingerprint density at radius 3 is 1.62 bits per heavy atom. The van der Waals surface area contributed by atoms with E-state index in [2.05, 4.69) is 233 Å². The van der Waals surface area contributed by atoms with E-state index in [0.717, 1.165) is 0 Å². The fourth-order valence-electron chi connectivity index (χ4n) is 12.2. The zero-order valence-electron chi connectivity index (χ0n) is 41.1. The number of anilines is 5. The van der Waals surface area contributed by atoms with Gasteiger partial charge in [0.25, 0.3) is 0 Å². The summed E-state index contributed by atoms with van der Waals surface area (Å²) in [6, 6.07) is 52.6. The summed E-state index contributed by atoms with van der Waals surface area (Å²) in [5.41, 5.74) is 25.3. The van der Waals surface area contributed by atoms with Gasteiger partial charge >= 0.3 is 6.85 Å². The number of thiophene rings is 1. The molecular weight excluding hydrogens is 816 g/mol. The second-order valence-corrected chi connectivity index (χ2v) is 24.9. The maximum absolute atomic E-state index is 2.76. The summed E-state index contributed by atoms with van der Waals surface area (Å²) in [7, 11) is 0. The second kappa shape index (κ2) is 13.4. The van der Waals surface area contributed by atoms with Crippen LogP contribution in [0.4, 0.5) is 28.4 Å². The summed E-state index contributed by atoms with van der Waals surface area (Å²) < 4.78 is 2.72. The average molecular weight is 877 g/mol. The van der Waals surface area contributed by atoms with Gasteiger partial charge in [-0.1, -0.05) is 169 Å². The molecule has 0 atom stereocenters. The number of benzene rings is 7. The first kappa shape index (κ1) is 41.6. The molecule has 0 radical (unpaired) electrons. The zero-order valence-corrected chi connectivity index (χ0v) is 41.9. The van der Waals surface area contributed by atoms with Crippen LogP contribution in [0.25, 0.3) is 43.5 Å². The van der Waals surface area contributed by atoms with Crippen LogP contribution in [0.3, 0.4) is 0 Å². The monoisotopic (exact) mass is 876 g/mol. The summed E-state index contributed by atoms with van der Waals surface area (Å²) in [5.74, 6) is 0. The Morgan fingerprint density at radius 2 is 1.02 bits per heavy atom. The van der Waals surface area contributed by atoms with E-state index >= 15 is 0 Å². The molecule has 4 heteroatoms. The van der Waals surface area contributed by atoms with Crippen LogP contribution in [0.5, 0.6) is 0 Å². The quantitative estimate of drug-likeness (QED) is 0.160. The van der Waals surface area contributed by atoms with Gasteiger partial charge in [-0.25, -0.2) is 0 Å². The summed E-state index contributed by atoms with van der Waals surface area (Å²) in [4.78, 5) is 5.43. The van der Waals surface area contributed by atoms with Gasteiger partial charge in [0.15, 0.2) is 0 Å². The highest BCUT2D eigenvalue weighted by molar-refractivity contribution is 7.32. The Balaban J connectivity index is 1.27. The molecule has 2 aliphatic heterocycles. The first-order valence-electron chi connectivity index (χ1n) is 24.1. The smallest absolute Gasteiger partial charge is 0.343 e. The SMILES string of the molecule is CC(C)(C)c1ccc(N2B3c4sc5ccc(C(C)(C)C)cc5c4N(c4ccc(C(C)(C)C)cc4)c4cc5c(c(c43)-c3cc4c(cc32)C(C)(C)c2ccccc2-4)C(C)(C)c2ccccc2-5)cc1. The number of fused-ring (bicyclic) bond motifs is 13. The van der Waals surface area contributed by atoms with Crippen molar-refractivity contribution in [2.45, 2.75) is 117 Å². The molecule has 0 N–H and O–H groups in total. The molecule has 8 aromatic rings. The van der Waals surface area contributed by atoms with Crippen molar-refractivity contribution in [3.8, 4) is 33.4 Å². The Labute approximate surface area is 397 Å². The van der Waals surface area contributed by atoms with E-state index < -0.39 is 0 Å². The lowest BCUT2D eigenvalue weighted by atomic mass is 9.45. The normalized spacial score (nSPS) is 16.1. The third-order valence-corrected chi connectivity index (χ3v) is 17.1. The first-order chi connectivity index (χ1) is 31.2. The van der Waals surface area contributed by atoms with E-state index in [9.17, 15) is 0 Å². The predicted octanol–water partition coefficient (Wildman–Crippen LogP) is 16.1. The highest BCUT2D eigenvalue weighted by Gasteiger charge is 2.52. The lowest BCUT2D eigenvalue weighted by Crippen LogP contribution is -2.61. The molecule has 1 aromatic heterocycles. The van der Waals surface area contributed by atoms with Crippen LogP contribution >= 0.6 is 11.3 Å². The molecule has 0 saturated carbocycles. The predicted molar refractivity (Wildman–Crippen MR) is 287 cm³/mol. The van der Waals surface area contributed by atoms with Gasteiger partial charge in [0.2, 0.25) is 0 Å². The Hall–Kier alpha value is -5.84. The molecule has 4 aliphatic rings. The van der Waals surface area contributed by atoms with E-state index in [1.807, 2.05) is 11.3 Å². The average Bonchev–Trinajstić information content (AvgIpc) is 3.84. The molecule has 2 aliphatic carbocycles. The Morgan fingerprint density at radius 1 is 0.470 bits per heavy atom. The van der Waals surface area contributed by atoms with Gasteiger partial charge < -0.3 is 9.71 Å². The summed E-state index contributed by atoms with van der Waals surface area (Å²) in [6.07, 6.45) is 0. The molecule has 0 unspecified atom stereocenters. The van der Waals surface area contributed by atoms with Crippen molar-refractivity contribution in [3.63, 3.8) is 0 Å². The number of nitrogens with zero attached hydrogens (tertiary/aromatic N) is 2. The lowest BCUT2D eigenvalue weighted by molar-refractivity contribution is 0.590. The maximum atomic E-state index is 2.76. The van der Waals surface area contributed by atoms with E-state index in [0.29, 0.717) is 0 Å². The van der Waals surface area contributed by atoms with Crippen molar-refractivity contribution in [2.24, 2.45) is 0 Å². The lowest BCUT2D eigenvalue weighted by Gasteiger charge is -2.46. The first-order valence-corrected chi connectivity index (χ1v) is 24.9. The third kappa shape index (κ3) is 5.67. The maximum Gasteiger partial charge on any atom is 0.343 e. The fourth-order valence-corrected chi connectivity index (χ4v) is 13.5. The van der Waals surface area contributed by atoms with Gasteiger partial charge in [0.05, 0.1) is 5.69 Å². The minimum absolute atomic E-state index is 0.00652. The van der Waals surface area contributed by atoms with Crippen LogP contribution in [-0.4, -0.2) is 6.85 Å². The van der Waals surface area contributed by atoms with Crippen LogP contribution in [0.15, 0.2) is 133 Å². The van der Waals surface area contributed by atoms with Crippen molar-refractivity contribution in [2.75, 3.05) is 9.71 Å². The largest absolute Gasteiger partial charge is 0.376 e. The van der Waals surface area contributed by atoms with Crippen molar-refractivity contribution in [1.29, 1.82) is 0 Å². The van der Waals surface area contributed by atoms with Crippen LogP contribution in [0.2, 0.25) is 0 Å². The van der Waals surface area contributed by atoms with Gasteiger partial charge in [-0.3, -0.25) is 0 Å². The molecule has 328 valence electrons. The summed E-state index contributed by atoms with van der Waals surface area (Å²) in [6.45, 7) is 30.7. The van der Waals surface area contributed by atoms with Gasteiger partial charge in [-0.2, -0.15) is 0 Å². The second-order valence-electron chi connectivity index (χ2n) is 23.8. The highest BCUT2D eigenvalue weighted by Crippen LogP contribution is 2.61. The molecule has 3 heterocycles. The minimum Gasteiger partial charge on any atom is -0.376 e. The molecule has 0 fully saturated rings. The van der Waals surface area contributed by atoms with Crippen molar-refractivity contribution in [1.82, 2.24) is 0 Å². The van der Waals surface area contributed by atoms with Gasteiger partial charge in [-0.15, -0.1) is 11.3 Å². The van der Waals surface area contributed by atoms with E-state index in [1.165, 1.54) is 121 Å². The number of hydrogen-bond donors (Lipinski definition) is 0. The molecule has 2 nitrogen and oxygen atoms in total. The topological polar surface area (TPSA) is 6.48 Å². The molecule has 0 amide bonds. The molecule has 7 aromatic carbocycles. The molecular formula is C62H61BN2S. The van der Waals surface area contributed by atoms with Crippen LogP contribution in [0, 0.1) is 0 Å². The van der Waals surface area contributed by atoms with Crippen molar-refractivity contribution in [3.05, 3.63) is 172 Å². The van der Waals surface area contributed by atoms with Crippen LogP contribution in [0.1, 0.15) is 129 Å². The molecule has 66 heavy (non-hydrogen) atoms. The molecule has 12 rings (SSSR count). The van der Waals surface area contributed by atoms with Crippen molar-refractivity contribution >= 4 is 66.9 Å². The minimum atomic E-state index is -0.230.